The first kappa shape index (κ1) is 13.0. The van der Waals surface area contributed by atoms with Crippen LogP contribution in [0.2, 0.25) is 0 Å². The van der Waals surface area contributed by atoms with E-state index in [1.807, 2.05) is 38.1 Å². The Balaban J connectivity index is 2.83. The zero-order chi connectivity index (χ0) is 12.7. The molecule has 1 aromatic carbocycles. The Kier molecular flexibility index (Phi) is 4.96. The first-order chi connectivity index (χ1) is 8.17. The van der Waals surface area contributed by atoms with Crippen LogP contribution < -0.4 is 0 Å². The third kappa shape index (κ3) is 4.12. The van der Waals surface area contributed by atoms with E-state index in [0.717, 1.165) is 17.5 Å². The Labute approximate surface area is 102 Å². The molecule has 0 amide bonds. The first-order valence-corrected chi connectivity index (χ1v) is 5.50. The molecule has 0 atom stereocenters. The number of aryl methyl sites for hydroxylation is 1. The van der Waals surface area contributed by atoms with Gasteiger partial charge >= 0.3 is 5.97 Å². The number of nitrogens with zero attached hydrogens (tertiary/aromatic N) is 1. The summed E-state index contributed by atoms with van der Waals surface area (Å²) in [4.78, 5) is 14.7. The molecule has 0 heterocycles. The van der Waals surface area contributed by atoms with Crippen molar-refractivity contribution in [3.63, 3.8) is 0 Å². The monoisotopic (exact) mass is 229 g/mol. The molecule has 0 aliphatic heterocycles. The SMILES string of the molecule is [C-]#[N+]/C(=C\c1ccc(C)cc1)C(=O)OCCC. The topological polar surface area (TPSA) is 30.7 Å². The third-order valence-electron chi connectivity index (χ3n) is 2.15. The van der Waals surface area contributed by atoms with Crippen LogP contribution in [-0.4, -0.2) is 12.6 Å². The van der Waals surface area contributed by atoms with Crippen molar-refractivity contribution < 1.29 is 9.53 Å². The standard InChI is InChI=1S/C14H15NO2/c1-4-9-17-14(16)13(15-3)10-12-7-5-11(2)6-8-12/h5-8,10H,4,9H2,1-2H3/b13-10-. The maximum absolute atomic E-state index is 11.5. The Bertz CT molecular complexity index is 452. The molecule has 0 bridgehead atoms. The summed E-state index contributed by atoms with van der Waals surface area (Å²) < 4.78 is 4.92. The second kappa shape index (κ2) is 6.49. The summed E-state index contributed by atoms with van der Waals surface area (Å²) in [5, 5.41) is 0. The van der Waals surface area contributed by atoms with Gasteiger partial charge in [0.15, 0.2) is 0 Å². The van der Waals surface area contributed by atoms with Gasteiger partial charge < -0.3 is 4.74 Å². The van der Waals surface area contributed by atoms with E-state index in [9.17, 15) is 4.79 Å². The van der Waals surface area contributed by atoms with Gasteiger partial charge in [-0.1, -0.05) is 36.8 Å². The maximum atomic E-state index is 11.5. The van der Waals surface area contributed by atoms with Gasteiger partial charge in [0, 0.05) is 0 Å². The van der Waals surface area contributed by atoms with E-state index in [1.54, 1.807) is 6.08 Å². The van der Waals surface area contributed by atoms with Crippen LogP contribution in [-0.2, 0) is 9.53 Å². The van der Waals surface area contributed by atoms with Crippen molar-refractivity contribution in [1.82, 2.24) is 0 Å². The zero-order valence-electron chi connectivity index (χ0n) is 10.1. The normalized spacial score (nSPS) is 10.8. The number of carbonyl (C=O) groups is 1. The van der Waals surface area contributed by atoms with Crippen LogP contribution in [0.1, 0.15) is 24.5 Å². The van der Waals surface area contributed by atoms with Gasteiger partial charge in [0.1, 0.15) is 0 Å². The average Bonchev–Trinajstić information content (AvgIpc) is 2.35. The van der Waals surface area contributed by atoms with Gasteiger partial charge in [0.25, 0.3) is 5.70 Å². The fourth-order valence-corrected chi connectivity index (χ4v) is 1.23. The summed E-state index contributed by atoms with van der Waals surface area (Å²) in [5.41, 5.74) is 1.98. The van der Waals surface area contributed by atoms with Gasteiger partial charge in [0.2, 0.25) is 0 Å². The van der Waals surface area contributed by atoms with Crippen LogP contribution in [0.4, 0.5) is 0 Å². The van der Waals surface area contributed by atoms with Crippen molar-refractivity contribution in [1.29, 1.82) is 0 Å². The molecule has 0 aliphatic rings. The molecular formula is C14H15NO2. The van der Waals surface area contributed by atoms with Gasteiger partial charge in [-0.2, -0.15) is 0 Å². The highest BCUT2D eigenvalue weighted by Crippen LogP contribution is 2.11. The van der Waals surface area contributed by atoms with Crippen LogP contribution in [0, 0.1) is 13.5 Å². The number of hydrogen-bond acceptors (Lipinski definition) is 2. The van der Waals surface area contributed by atoms with Crippen LogP contribution in [0.5, 0.6) is 0 Å². The highest BCUT2D eigenvalue weighted by molar-refractivity contribution is 5.95. The molecule has 0 N–H and O–H groups in total. The summed E-state index contributed by atoms with van der Waals surface area (Å²) in [7, 11) is 0. The molecule has 1 rings (SSSR count). The molecule has 88 valence electrons. The molecule has 0 radical (unpaired) electrons. The van der Waals surface area contributed by atoms with Crippen molar-refractivity contribution in [2.45, 2.75) is 20.3 Å². The predicted octanol–water partition coefficient (Wildman–Crippen LogP) is 3.21. The van der Waals surface area contributed by atoms with E-state index < -0.39 is 5.97 Å². The Morgan fingerprint density at radius 2 is 2.06 bits per heavy atom. The quantitative estimate of drug-likeness (QED) is 0.451. The molecule has 17 heavy (non-hydrogen) atoms. The lowest BCUT2D eigenvalue weighted by atomic mass is 10.1. The summed E-state index contributed by atoms with van der Waals surface area (Å²) in [6, 6.07) is 7.61. The van der Waals surface area contributed by atoms with Gasteiger partial charge in [-0.05, 0) is 25.0 Å². The maximum Gasteiger partial charge on any atom is 0.336 e. The lowest BCUT2D eigenvalue weighted by molar-refractivity contribution is -0.138. The molecule has 1 aromatic rings. The third-order valence-corrected chi connectivity index (χ3v) is 2.15. The molecule has 0 fully saturated rings. The zero-order valence-corrected chi connectivity index (χ0v) is 10.1. The van der Waals surface area contributed by atoms with E-state index in [0.29, 0.717) is 6.61 Å². The predicted molar refractivity (Wildman–Crippen MR) is 67.0 cm³/mol. The number of ether oxygens (including phenoxy) is 1. The Morgan fingerprint density at radius 1 is 1.41 bits per heavy atom. The Hall–Kier alpha value is -2.08. The van der Waals surface area contributed by atoms with Gasteiger partial charge in [0.05, 0.1) is 13.2 Å². The minimum atomic E-state index is -0.553. The number of benzene rings is 1. The van der Waals surface area contributed by atoms with Crippen LogP contribution in [0.15, 0.2) is 30.0 Å². The molecule has 0 spiro atoms. The molecule has 0 saturated carbocycles. The van der Waals surface area contributed by atoms with Crippen molar-refractivity contribution >= 4 is 12.0 Å². The second-order valence-electron chi connectivity index (χ2n) is 3.69. The molecule has 0 aromatic heterocycles. The molecule has 3 heteroatoms. The van der Waals surface area contributed by atoms with Crippen LogP contribution in [0.25, 0.3) is 10.9 Å². The molecule has 0 saturated heterocycles. The number of hydrogen-bond donors (Lipinski definition) is 0. The minimum absolute atomic E-state index is 0.0160. The lowest BCUT2D eigenvalue weighted by Crippen LogP contribution is -2.06. The van der Waals surface area contributed by atoms with Crippen molar-refractivity contribution in [2.24, 2.45) is 0 Å². The fourth-order valence-electron chi connectivity index (χ4n) is 1.23. The number of rotatable bonds is 4. The van der Waals surface area contributed by atoms with Gasteiger partial charge in [-0.15, -0.1) is 0 Å². The summed E-state index contributed by atoms with van der Waals surface area (Å²) in [6.07, 6.45) is 2.30. The van der Waals surface area contributed by atoms with Crippen LogP contribution >= 0.6 is 0 Å². The van der Waals surface area contributed by atoms with Crippen LogP contribution in [0.3, 0.4) is 0 Å². The average molecular weight is 229 g/mol. The van der Waals surface area contributed by atoms with Crippen molar-refractivity contribution in [2.75, 3.05) is 6.61 Å². The first-order valence-electron chi connectivity index (χ1n) is 5.50. The van der Waals surface area contributed by atoms with E-state index >= 15 is 0 Å². The molecule has 0 aliphatic carbocycles. The highest BCUT2D eigenvalue weighted by Gasteiger charge is 2.10. The highest BCUT2D eigenvalue weighted by atomic mass is 16.5. The molecule has 0 unspecified atom stereocenters. The summed E-state index contributed by atoms with van der Waals surface area (Å²) in [5.74, 6) is -0.553. The van der Waals surface area contributed by atoms with E-state index in [2.05, 4.69) is 4.85 Å². The smallest absolute Gasteiger partial charge is 0.336 e. The van der Waals surface area contributed by atoms with Crippen molar-refractivity contribution in [3.05, 3.63) is 52.5 Å². The lowest BCUT2D eigenvalue weighted by Gasteiger charge is -2.01. The van der Waals surface area contributed by atoms with E-state index in [-0.39, 0.29) is 5.70 Å². The van der Waals surface area contributed by atoms with Gasteiger partial charge in [-0.25, -0.2) is 4.85 Å². The number of esters is 1. The largest absolute Gasteiger partial charge is 0.471 e. The second-order valence-corrected chi connectivity index (χ2v) is 3.69. The molecule has 3 nitrogen and oxygen atoms in total. The van der Waals surface area contributed by atoms with Crippen molar-refractivity contribution in [3.8, 4) is 0 Å². The summed E-state index contributed by atoms with van der Waals surface area (Å²) in [6.45, 7) is 11.2. The Morgan fingerprint density at radius 3 is 2.59 bits per heavy atom. The minimum Gasteiger partial charge on any atom is -0.471 e. The van der Waals surface area contributed by atoms with E-state index in [1.165, 1.54) is 0 Å². The molecular weight excluding hydrogens is 214 g/mol. The van der Waals surface area contributed by atoms with E-state index in [4.69, 9.17) is 11.3 Å². The number of carbonyl (C=O) groups excluding carboxylic acids is 1. The van der Waals surface area contributed by atoms with Gasteiger partial charge in [-0.3, -0.25) is 4.79 Å². The fraction of sp³-hybridized carbons (Fsp3) is 0.286. The summed E-state index contributed by atoms with van der Waals surface area (Å²) >= 11 is 0.